The Morgan fingerprint density at radius 2 is 1.85 bits per heavy atom. The third-order valence-corrected chi connectivity index (χ3v) is 3.22. The van der Waals surface area contributed by atoms with Crippen LogP contribution in [0.1, 0.15) is 45.6 Å². The van der Waals surface area contributed by atoms with E-state index in [0.29, 0.717) is 12.5 Å². The minimum Gasteiger partial charge on any atom is -0.494 e. The van der Waals surface area contributed by atoms with Crippen LogP contribution in [0, 0.1) is 5.92 Å². The van der Waals surface area contributed by atoms with E-state index in [1.165, 1.54) is 5.56 Å². The molecule has 20 heavy (non-hydrogen) atoms. The van der Waals surface area contributed by atoms with E-state index in [-0.39, 0.29) is 6.10 Å². The fraction of sp³-hybridized carbons (Fsp3) is 0.647. The molecule has 0 fully saturated rings. The molecule has 0 heterocycles. The first-order valence-electron chi connectivity index (χ1n) is 7.72. The standard InChI is InChI=1S/C17H29NO2/c1-4-5-16(19)13-18-12-15-6-8-17(9-7-15)20-11-10-14(2)3/h6-9,14,16,18-19H,4-5,10-13H2,1-3H3. The van der Waals surface area contributed by atoms with Crippen LogP contribution in [0.4, 0.5) is 0 Å². The van der Waals surface area contributed by atoms with E-state index in [1.807, 2.05) is 12.1 Å². The summed E-state index contributed by atoms with van der Waals surface area (Å²) in [6.07, 6.45) is 2.72. The Morgan fingerprint density at radius 3 is 2.45 bits per heavy atom. The molecule has 0 aliphatic heterocycles. The summed E-state index contributed by atoms with van der Waals surface area (Å²) in [5, 5.41) is 12.9. The molecule has 3 heteroatoms. The summed E-state index contributed by atoms with van der Waals surface area (Å²) < 4.78 is 5.69. The fourth-order valence-electron chi connectivity index (χ4n) is 1.93. The predicted molar refractivity (Wildman–Crippen MR) is 84.0 cm³/mol. The molecule has 1 rings (SSSR count). The van der Waals surface area contributed by atoms with E-state index in [1.54, 1.807) is 0 Å². The summed E-state index contributed by atoms with van der Waals surface area (Å²) >= 11 is 0. The van der Waals surface area contributed by atoms with Gasteiger partial charge in [-0.25, -0.2) is 0 Å². The summed E-state index contributed by atoms with van der Waals surface area (Å²) in [6.45, 7) is 8.70. The molecule has 0 aliphatic rings. The van der Waals surface area contributed by atoms with E-state index >= 15 is 0 Å². The van der Waals surface area contributed by atoms with Crippen LogP contribution in [0.3, 0.4) is 0 Å². The van der Waals surface area contributed by atoms with Crippen LogP contribution in [0.25, 0.3) is 0 Å². The molecule has 1 atom stereocenters. The van der Waals surface area contributed by atoms with Gasteiger partial charge in [0.25, 0.3) is 0 Å². The van der Waals surface area contributed by atoms with Crippen LogP contribution in [-0.2, 0) is 6.54 Å². The molecule has 0 amide bonds. The molecule has 0 saturated carbocycles. The Labute approximate surface area is 123 Å². The summed E-state index contributed by atoms with van der Waals surface area (Å²) in [4.78, 5) is 0. The van der Waals surface area contributed by atoms with Crippen molar-refractivity contribution in [2.24, 2.45) is 5.92 Å². The van der Waals surface area contributed by atoms with Gasteiger partial charge < -0.3 is 15.2 Å². The largest absolute Gasteiger partial charge is 0.494 e. The van der Waals surface area contributed by atoms with Gasteiger partial charge in [0, 0.05) is 13.1 Å². The smallest absolute Gasteiger partial charge is 0.119 e. The molecule has 3 nitrogen and oxygen atoms in total. The van der Waals surface area contributed by atoms with E-state index in [9.17, 15) is 5.11 Å². The zero-order valence-electron chi connectivity index (χ0n) is 13.1. The Kier molecular flexibility index (Phi) is 8.31. The molecule has 0 radical (unpaired) electrons. The number of benzene rings is 1. The molecular weight excluding hydrogens is 250 g/mol. The number of rotatable bonds is 10. The molecule has 0 aliphatic carbocycles. The topological polar surface area (TPSA) is 41.5 Å². The van der Waals surface area contributed by atoms with Crippen LogP contribution >= 0.6 is 0 Å². The minimum absolute atomic E-state index is 0.237. The lowest BCUT2D eigenvalue weighted by atomic mass is 10.1. The minimum atomic E-state index is -0.237. The SMILES string of the molecule is CCCC(O)CNCc1ccc(OCCC(C)C)cc1. The highest BCUT2D eigenvalue weighted by Crippen LogP contribution is 2.13. The monoisotopic (exact) mass is 279 g/mol. The van der Waals surface area contributed by atoms with Crippen molar-refractivity contribution >= 4 is 0 Å². The highest BCUT2D eigenvalue weighted by molar-refractivity contribution is 5.27. The molecule has 1 unspecified atom stereocenters. The molecule has 2 N–H and O–H groups in total. The number of aliphatic hydroxyl groups excluding tert-OH is 1. The predicted octanol–water partition coefficient (Wildman–Crippen LogP) is 3.36. The highest BCUT2D eigenvalue weighted by atomic mass is 16.5. The van der Waals surface area contributed by atoms with E-state index < -0.39 is 0 Å². The number of aliphatic hydroxyl groups is 1. The number of nitrogens with one attached hydrogen (secondary N) is 1. The maximum Gasteiger partial charge on any atom is 0.119 e. The van der Waals surface area contributed by atoms with Crippen molar-refractivity contribution in [2.45, 2.75) is 52.7 Å². The van der Waals surface area contributed by atoms with Crippen LogP contribution < -0.4 is 10.1 Å². The zero-order valence-corrected chi connectivity index (χ0v) is 13.1. The number of hydrogen-bond donors (Lipinski definition) is 2. The first kappa shape index (κ1) is 17.0. The van der Waals surface area contributed by atoms with Gasteiger partial charge in [-0.2, -0.15) is 0 Å². The molecule has 0 aromatic heterocycles. The van der Waals surface area contributed by atoms with Crippen molar-refractivity contribution in [1.29, 1.82) is 0 Å². The van der Waals surface area contributed by atoms with Gasteiger partial charge in [0.2, 0.25) is 0 Å². The normalized spacial score (nSPS) is 12.7. The van der Waals surface area contributed by atoms with Gasteiger partial charge in [0.05, 0.1) is 12.7 Å². The Morgan fingerprint density at radius 1 is 1.15 bits per heavy atom. The van der Waals surface area contributed by atoms with Crippen LogP contribution in [0.5, 0.6) is 5.75 Å². The molecule has 114 valence electrons. The lowest BCUT2D eigenvalue weighted by molar-refractivity contribution is 0.160. The third kappa shape index (κ3) is 7.51. The maximum atomic E-state index is 9.63. The van der Waals surface area contributed by atoms with Crippen LogP contribution in [-0.4, -0.2) is 24.4 Å². The highest BCUT2D eigenvalue weighted by Gasteiger charge is 2.02. The lowest BCUT2D eigenvalue weighted by Crippen LogP contribution is -2.26. The number of ether oxygens (including phenoxy) is 1. The first-order valence-corrected chi connectivity index (χ1v) is 7.72. The first-order chi connectivity index (χ1) is 9.61. The molecule has 0 saturated heterocycles. The average Bonchev–Trinajstić information content (AvgIpc) is 2.40. The second-order valence-corrected chi connectivity index (χ2v) is 5.75. The lowest BCUT2D eigenvalue weighted by Gasteiger charge is -2.11. The van der Waals surface area contributed by atoms with Crippen molar-refractivity contribution in [2.75, 3.05) is 13.2 Å². The van der Waals surface area contributed by atoms with Crippen molar-refractivity contribution in [3.63, 3.8) is 0 Å². The summed E-state index contributed by atoms with van der Waals surface area (Å²) in [5.74, 6) is 1.61. The Balaban J connectivity index is 2.24. The van der Waals surface area contributed by atoms with Gasteiger partial charge in [-0.15, -0.1) is 0 Å². The summed E-state index contributed by atoms with van der Waals surface area (Å²) in [6, 6.07) is 8.17. The van der Waals surface area contributed by atoms with Gasteiger partial charge in [-0.1, -0.05) is 39.3 Å². The van der Waals surface area contributed by atoms with Gasteiger partial charge in [-0.05, 0) is 36.5 Å². The van der Waals surface area contributed by atoms with Gasteiger partial charge in [0.1, 0.15) is 5.75 Å². The van der Waals surface area contributed by atoms with E-state index in [4.69, 9.17) is 4.74 Å². The van der Waals surface area contributed by atoms with Crippen molar-refractivity contribution in [3.05, 3.63) is 29.8 Å². The molecule has 0 spiro atoms. The van der Waals surface area contributed by atoms with Crippen LogP contribution in [0.15, 0.2) is 24.3 Å². The second kappa shape index (κ2) is 9.78. The fourth-order valence-corrected chi connectivity index (χ4v) is 1.93. The molecule has 1 aromatic carbocycles. The summed E-state index contributed by atoms with van der Waals surface area (Å²) in [5.41, 5.74) is 1.21. The average molecular weight is 279 g/mol. The molecular formula is C17H29NO2. The Hall–Kier alpha value is -1.06. The quantitative estimate of drug-likeness (QED) is 0.690. The van der Waals surface area contributed by atoms with E-state index in [2.05, 4.69) is 38.2 Å². The van der Waals surface area contributed by atoms with Gasteiger partial charge in [0.15, 0.2) is 0 Å². The molecule has 0 bridgehead atoms. The van der Waals surface area contributed by atoms with Crippen LogP contribution in [0.2, 0.25) is 0 Å². The zero-order chi connectivity index (χ0) is 14.8. The number of hydrogen-bond acceptors (Lipinski definition) is 3. The van der Waals surface area contributed by atoms with Gasteiger partial charge >= 0.3 is 0 Å². The van der Waals surface area contributed by atoms with Crippen molar-refractivity contribution in [1.82, 2.24) is 5.32 Å². The molecule has 1 aromatic rings. The summed E-state index contributed by atoms with van der Waals surface area (Å²) in [7, 11) is 0. The second-order valence-electron chi connectivity index (χ2n) is 5.75. The third-order valence-electron chi connectivity index (χ3n) is 3.22. The van der Waals surface area contributed by atoms with Crippen molar-refractivity contribution < 1.29 is 9.84 Å². The van der Waals surface area contributed by atoms with Gasteiger partial charge in [-0.3, -0.25) is 0 Å². The van der Waals surface area contributed by atoms with E-state index in [0.717, 1.165) is 38.2 Å². The maximum absolute atomic E-state index is 9.63. The Bertz CT molecular complexity index is 349. The van der Waals surface area contributed by atoms with Crippen molar-refractivity contribution in [3.8, 4) is 5.75 Å².